The summed E-state index contributed by atoms with van der Waals surface area (Å²) in [6, 6.07) is 5.65. The van der Waals surface area contributed by atoms with Gasteiger partial charge in [-0.25, -0.2) is 9.97 Å². The summed E-state index contributed by atoms with van der Waals surface area (Å²) < 4.78 is 5.18. The van der Waals surface area contributed by atoms with E-state index in [-0.39, 0.29) is 5.28 Å². The molecule has 6 heteroatoms. The Hall–Kier alpha value is -1.52. The van der Waals surface area contributed by atoms with Crippen molar-refractivity contribution in [3.05, 3.63) is 28.6 Å². The Labute approximate surface area is 107 Å². The van der Waals surface area contributed by atoms with Crippen molar-refractivity contribution < 1.29 is 4.74 Å². The molecular weight excluding hydrogens is 261 g/mol. The lowest BCUT2D eigenvalue weighted by atomic mass is 10.2. The molecule has 2 heterocycles. The first-order valence-electron chi connectivity index (χ1n) is 4.87. The van der Waals surface area contributed by atoms with Crippen molar-refractivity contribution in [1.29, 1.82) is 0 Å². The lowest BCUT2D eigenvalue weighted by Crippen LogP contribution is -1.84. The highest BCUT2D eigenvalue weighted by Crippen LogP contribution is 2.30. The van der Waals surface area contributed by atoms with E-state index < -0.39 is 0 Å². The summed E-state index contributed by atoms with van der Waals surface area (Å²) in [5, 5.41) is 1.35. The Balaban J connectivity index is 2.48. The number of nitrogens with one attached hydrogen (secondary N) is 1. The molecule has 0 saturated carbocycles. The van der Waals surface area contributed by atoms with Crippen LogP contribution in [0.25, 0.3) is 21.9 Å². The fourth-order valence-electron chi connectivity index (χ4n) is 1.80. The standard InChI is InChI=1S/C11H7Cl2N3O/c1-17-5-2-3-7-6(4-5)8-9(14-7)10(12)16-11(13)15-8/h2-4,14H,1H3. The van der Waals surface area contributed by atoms with Crippen molar-refractivity contribution in [2.75, 3.05) is 7.11 Å². The van der Waals surface area contributed by atoms with Gasteiger partial charge in [0, 0.05) is 10.9 Å². The number of fused-ring (bicyclic) bond motifs is 3. The van der Waals surface area contributed by atoms with Crippen molar-refractivity contribution >= 4 is 45.1 Å². The zero-order valence-electron chi connectivity index (χ0n) is 8.79. The molecule has 0 aliphatic rings. The summed E-state index contributed by atoms with van der Waals surface area (Å²) in [5.41, 5.74) is 2.29. The van der Waals surface area contributed by atoms with Crippen LogP contribution in [0.5, 0.6) is 5.75 Å². The van der Waals surface area contributed by atoms with Crippen LogP contribution in [0, 0.1) is 0 Å². The van der Waals surface area contributed by atoms with Crippen molar-refractivity contribution in [1.82, 2.24) is 15.0 Å². The third-order valence-corrected chi connectivity index (χ3v) is 3.02. The number of hydrogen-bond acceptors (Lipinski definition) is 3. The molecule has 86 valence electrons. The molecule has 1 N–H and O–H groups in total. The average molecular weight is 268 g/mol. The van der Waals surface area contributed by atoms with Gasteiger partial charge in [0.2, 0.25) is 5.28 Å². The number of halogens is 2. The highest BCUT2D eigenvalue weighted by atomic mass is 35.5. The number of benzene rings is 1. The molecule has 0 saturated heterocycles. The molecule has 1 aromatic carbocycles. The second-order valence-corrected chi connectivity index (χ2v) is 4.24. The lowest BCUT2D eigenvalue weighted by Gasteiger charge is -1.98. The maximum absolute atomic E-state index is 6.01. The van der Waals surface area contributed by atoms with Crippen molar-refractivity contribution in [2.45, 2.75) is 0 Å². The summed E-state index contributed by atoms with van der Waals surface area (Å²) in [5.74, 6) is 0.754. The molecule has 4 nitrogen and oxygen atoms in total. The fraction of sp³-hybridized carbons (Fsp3) is 0.0909. The molecule has 0 bridgehead atoms. The first-order chi connectivity index (χ1) is 8.19. The summed E-state index contributed by atoms with van der Waals surface area (Å²) in [4.78, 5) is 11.2. The van der Waals surface area contributed by atoms with E-state index in [4.69, 9.17) is 27.9 Å². The second kappa shape index (κ2) is 3.75. The van der Waals surface area contributed by atoms with E-state index in [0.717, 1.165) is 16.7 Å². The molecule has 0 amide bonds. The summed E-state index contributed by atoms with van der Waals surface area (Å²) in [6.45, 7) is 0. The van der Waals surface area contributed by atoms with Crippen LogP contribution in [0.2, 0.25) is 10.4 Å². The monoisotopic (exact) mass is 267 g/mol. The maximum Gasteiger partial charge on any atom is 0.224 e. The highest BCUT2D eigenvalue weighted by Gasteiger charge is 2.11. The number of rotatable bonds is 1. The Morgan fingerprint density at radius 3 is 2.82 bits per heavy atom. The zero-order chi connectivity index (χ0) is 12.0. The van der Waals surface area contributed by atoms with Gasteiger partial charge in [0.25, 0.3) is 0 Å². The van der Waals surface area contributed by atoms with Crippen molar-refractivity contribution in [2.24, 2.45) is 0 Å². The van der Waals surface area contributed by atoms with Crippen LogP contribution in [0.3, 0.4) is 0 Å². The van der Waals surface area contributed by atoms with Gasteiger partial charge in [-0.3, -0.25) is 0 Å². The van der Waals surface area contributed by atoms with Crippen LogP contribution in [-0.2, 0) is 0 Å². The Morgan fingerprint density at radius 2 is 2.06 bits per heavy atom. The van der Waals surface area contributed by atoms with Crippen LogP contribution in [0.4, 0.5) is 0 Å². The van der Waals surface area contributed by atoms with Crippen LogP contribution in [0.15, 0.2) is 18.2 Å². The number of aromatic amines is 1. The van der Waals surface area contributed by atoms with E-state index >= 15 is 0 Å². The smallest absolute Gasteiger partial charge is 0.224 e. The first-order valence-corrected chi connectivity index (χ1v) is 5.63. The van der Waals surface area contributed by atoms with Crippen LogP contribution in [-0.4, -0.2) is 22.1 Å². The van der Waals surface area contributed by atoms with E-state index in [9.17, 15) is 0 Å². The fourth-order valence-corrected chi connectivity index (χ4v) is 2.23. The largest absolute Gasteiger partial charge is 0.497 e. The molecule has 0 aliphatic carbocycles. The third-order valence-electron chi connectivity index (χ3n) is 2.58. The summed E-state index contributed by atoms with van der Waals surface area (Å²) >= 11 is 11.8. The maximum atomic E-state index is 6.01. The predicted octanol–water partition coefficient (Wildman–Crippen LogP) is 3.43. The molecular formula is C11H7Cl2N3O. The quantitative estimate of drug-likeness (QED) is 0.543. The lowest BCUT2D eigenvalue weighted by molar-refractivity contribution is 0.415. The van der Waals surface area contributed by atoms with Gasteiger partial charge in [-0.2, -0.15) is 0 Å². The van der Waals surface area contributed by atoms with Gasteiger partial charge in [-0.15, -0.1) is 0 Å². The predicted molar refractivity (Wildman–Crippen MR) is 68.0 cm³/mol. The Morgan fingerprint density at radius 1 is 1.24 bits per heavy atom. The van der Waals surface area contributed by atoms with Gasteiger partial charge >= 0.3 is 0 Å². The Bertz CT molecular complexity index is 723. The van der Waals surface area contributed by atoms with Crippen LogP contribution < -0.4 is 4.74 Å². The molecule has 3 rings (SSSR count). The number of nitrogens with zero attached hydrogens (tertiary/aromatic N) is 2. The van der Waals surface area contributed by atoms with E-state index in [1.165, 1.54) is 0 Å². The highest BCUT2D eigenvalue weighted by molar-refractivity contribution is 6.36. The third kappa shape index (κ3) is 1.61. The van der Waals surface area contributed by atoms with Crippen molar-refractivity contribution in [3.63, 3.8) is 0 Å². The van der Waals surface area contributed by atoms with E-state index in [1.54, 1.807) is 7.11 Å². The van der Waals surface area contributed by atoms with Gasteiger partial charge in [0.15, 0.2) is 5.15 Å². The van der Waals surface area contributed by atoms with Gasteiger partial charge in [-0.05, 0) is 29.8 Å². The second-order valence-electron chi connectivity index (χ2n) is 3.54. The minimum Gasteiger partial charge on any atom is -0.497 e. The van der Waals surface area contributed by atoms with Gasteiger partial charge < -0.3 is 9.72 Å². The van der Waals surface area contributed by atoms with Crippen molar-refractivity contribution in [3.8, 4) is 5.75 Å². The molecule has 0 aliphatic heterocycles. The van der Waals surface area contributed by atoms with Crippen LogP contribution in [0.1, 0.15) is 0 Å². The van der Waals surface area contributed by atoms with Gasteiger partial charge in [0.1, 0.15) is 16.8 Å². The SMILES string of the molecule is COc1ccc2[nH]c3c(Cl)nc(Cl)nc3c2c1. The van der Waals surface area contributed by atoms with E-state index in [2.05, 4.69) is 15.0 Å². The minimum atomic E-state index is 0.131. The molecule has 17 heavy (non-hydrogen) atoms. The van der Waals surface area contributed by atoms with Gasteiger partial charge in [-0.1, -0.05) is 11.6 Å². The number of aromatic nitrogens is 3. The topological polar surface area (TPSA) is 50.8 Å². The van der Waals surface area contributed by atoms with Gasteiger partial charge in [0.05, 0.1) is 7.11 Å². The first kappa shape index (κ1) is 10.6. The number of ether oxygens (including phenoxy) is 1. The molecule has 0 unspecified atom stereocenters. The molecule has 0 radical (unpaired) electrons. The number of H-pyrrole nitrogens is 1. The summed E-state index contributed by atoms with van der Waals surface area (Å²) in [7, 11) is 1.62. The summed E-state index contributed by atoms with van der Waals surface area (Å²) in [6.07, 6.45) is 0. The molecule has 0 spiro atoms. The molecule has 3 aromatic rings. The van der Waals surface area contributed by atoms with E-state index in [1.807, 2.05) is 18.2 Å². The Kier molecular flexibility index (Phi) is 2.34. The zero-order valence-corrected chi connectivity index (χ0v) is 10.3. The number of hydrogen-bond donors (Lipinski definition) is 1. The molecule has 0 fully saturated rings. The normalized spacial score (nSPS) is 11.2. The number of methoxy groups -OCH3 is 1. The van der Waals surface area contributed by atoms with E-state index in [0.29, 0.717) is 16.2 Å². The average Bonchev–Trinajstić information content (AvgIpc) is 2.67. The van der Waals surface area contributed by atoms with Crippen LogP contribution >= 0.6 is 23.2 Å². The molecule has 0 atom stereocenters. The molecule has 2 aromatic heterocycles. The minimum absolute atomic E-state index is 0.131.